The monoisotopic (exact) mass is 438 g/mol. The molecule has 174 valence electrons. The van der Waals surface area contributed by atoms with Crippen LogP contribution in [0.2, 0.25) is 0 Å². The third-order valence-corrected chi connectivity index (χ3v) is 5.03. The lowest BCUT2D eigenvalue weighted by atomic mass is 9.94. The molecule has 5 unspecified atom stereocenters. The predicted molar refractivity (Wildman–Crippen MR) is 96.6 cm³/mol. The Labute approximate surface area is 172 Å². The number of methoxy groups -OCH3 is 1. The Morgan fingerprint density at radius 1 is 0.867 bits per heavy atom. The zero-order chi connectivity index (χ0) is 22.6. The summed E-state index contributed by atoms with van der Waals surface area (Å²) in [5.41, 5.74) is 0. The number of nitrogens with one attached hydrogen (secondary N) is 2. The van der Waals surface area contributed by atoms with Gasteiger partial charge in [0.2, 0.25) is 11.8 Å². The quantitative estimate of drug-likeness (QED) is 0.202. The summed E-state index contributed by atoms with van der Waals surface area (Å²) < 4.78 is 21.8. The predicted octanol–water partition coefficient (Wildman–Crippen LogP) is -4.46. The molecule has 0 aromatic carbocycles. The first-order chi connectivity index (χ1) is 14.1. The summed E-state index contributed by atoms with van der Waals surface area (Å²) in [4.78, 5) is 23.0. The summed E-state index contributed by atoms with van der Waals surface area (Å²) in [6.45, 7) is 1.19. The summed E-state index contributed by atoms with van der Waals surface area (Å²) in [7, 11) is 1.30. The Morgan fingerprint density at radius 3 is 1.87 bits per heavy atom. The number of ether oxygens (including phenoxy) is 4. The van der Waals surface area contributed by atoms with Crippen molar-refractivity contribution in [2.45, 2.75) is 75.1 Å². The fourth-order valence-electron chi connectivity index (χ4n) is 3.66. The standard InChI is InChI=1S/C17H30N2O11/c1-6(22)18-10-12(24)15(9(5-21)28-16(10)26)30-17-11(19-7(2)23)13(25)14(27-3)8(4-20)29-17/h8-17,20-21,24-26H,4-5H2,1-3H3,(H,18,22)(H,19,23)/t8-,9?,10-,11?,12?,13?,14-,15+,16-,17?/m1/s1. The van der Waals surface area contributed by atoms with Crippen molar-refractivity contribution in [2.75, 3.05) is 20.3 Å². The lowest BCUT2D eigenvalue weighted by Crippen LogP contribution is -2.69. The first-order valence-corrected chi connectivity index (χ1v) is 9.43. The van der Waals surface area contributed by atoms with Crippen LogP contribution < -0.4 is 10.6 Å². The van der Waals surface area contributed by atoms with Crippen molar-refractivity contribution in [2.24, 2.45) is 0 Å². The van der Waals surface area contributed by atoms with E-state index in [-0.39, 0.29) is 0 Å². The Kier molecular flexibility index (Phi) is 8.90. The normalized spacial score (nSPS) is 41.9. The number of rotatable bonds is 7. The molecule has 0 spiro atoms. The van der Waals surface area contributed by atoms with Crippen LogP contribution >= 0.6 is 0 Å². The highest BCUT2D eigenvalue weighted by molar-refractivity contribution is 5.73. The van der Waals surface area contributed by atoms with Gasteiger partial charge in [0.15, 0.2) is 12.6 Å². The maximum Gasteiger partial charge on any atom is 0.217 e. The lowest BCUT2D eigenvalue weighted by molar-refractivity contribution is -0.329. The van der Waals surface area contributed by atoms with E-state index in [4.69, 9.17) is 18.9 Å². The second kappa shape index (κ2) is 10.7. The van der Waals surface area contributed by atoms with Gasteiger partial charge in [0.05, 0.1) is 13.2 Å². The fraction of sp³-hybridized carbons (Fsp3) is 0.882. The fourth-order valence-corrected chi connectivity index (χ4v) is 3.66. The lowest BCUT2D eigenvalue weighted by Gasteiger charge is -2.47. The highest BCUT2D eigenvalue weighted by Crippen LogP contribution is 2.29. The van der Waals surface area contributed by atoms with Crippen LogP contribution in [0.3, 0.4) is 0 Å². The van der Waals surface area contributed by atoms with Crippen LogP contribution in [-0.2, 0) is 28.5 Å². The highest BCUT2D eigenvalue weighted by Gasteiger charge is 2.51. The molecule has 13 heteroatoms. The maximum atomic E-state index is 11.6. The van der Waals surface area contributed by atoms with E-state index in [1.807, 2.05) is 0 Å². The van der Waals surface area contributed by atoms with Crippen molar-refractivity contribution in [3.63, 3.8) is 0 Å². The van der Waals surface area contributed by atoms with E-state index in [2.05, 4.69) is 10.6 Å². The molecule has 2 heterocycles. The van der Waals surface area contributed by atoms with Crippen molar-refractivity contribution in [1.29, 1.82) is 0 Å². The van der Waals surface area contributed by atoms with Gasteiger partial charge in [-0.15, -0.1) is 0 Å². The number of hydrogen-bond acceptors (Lipinski definition) is 11. The number of carbonyl (C=O) groups excluding carboxylic acids is 2. The SMILES string of the molecule is CO[C@H]1C(O)C(NC(C)=O)C(O[C@H]2C(CO)O[C@@H](O)[C@H](NC(C)=O)C2O)O[C@@H]1CO. The van der Waals surface area contributed by atoms with E-state index in [9.17, 15) is 35.1 Å². The van der Waals surface area contributed by atoms with Crippen molar-refractivity contribution < 1.29 is 54.1 Å². The summed E-state index contributed by atoms with van der Waals surface area (Å²) in [5, 5.41) is 55.3. The molecule has 0 bridgehead atoms. The Morgan fingerprint density at radius 2 is 1.37 bits per heavy atom. The molecule has 30 heavy (non-hydrogen) atoms. The van der Waals surface area contributed by atoms with Crippen LogP contribution in [0.15, 0.2) is 0 Å². The minimum absolute atomic E-state index is 0.515. The second-order valence-electron chi connectivity index (χ2n) is 7.21. The van der Waals surface area contributed by atoms with Crippen molar-refractivity contribution >= 4 is 11.8 Å². The first-order valence-electron chi connectivity index (χ1n) is 9.43. The third-order valence-electron chi connectivity index (χ3n) is 5.03. The molecule has 0 aromatic heterocycles. The first kappa shape index (κ1) is 24.8. The van der Waals surface area contributed by atoms with Gasteiger partial charge in [-0.1, -0.05) is 0 Å². The summed E-state index contributed by atoms with van der Waals surface area (Å²) in [6.07, 6.45) is -10.4. The van der Waals surface area contributed by atoms with Crippen molar-refractivity contribution in [3.8, 4) is 0 Å². The van der Waals surface area contributed by atoms with Gasteiger partial charge in [-0.3, -0.25) is 9.59 Å². The topological polar surface area (TPSA) is 196 Å². The van der Waals surface area contributed by atoms with Crippen molar-refractivity contribution in [1.82, 2.24) is 10.6 Å². The van der Waals surface area contributed by atoms with Gasteiger partial charge in [-0.05, 0) is 0 Å². The van der Waals surface area contributed by atoms with E-state index in [1.54, 1.807) is 0 Å². The third kappa shape index (κ3) is 5.43. The smallest absolute Gasteiger partial charge is 0.217 e. The highest BCUT2D eigenvalue weighted by atomic mass is 16.7. The number of amides is 2. The summed E-state index contributed by atoms with van der Waals surface area (Å²) in [6, 6.07) is -2.43. The zero-order valence-electron chi connectivity index (χ0n) is 16.9. The van der Waals surface area contributed by atoms with Crippen LogP contribution in [0.5, 0.6) is 0 Å². The molecule has 0 radical (unpaired) electrons. The van der Waals surface area contributed by atoms with Crippen LogP contribution in [0.25, 0.3) is 0 Å². The molecule has 2 rings (SSSR count). The average Bonchev–Trinajstić information content (AvgIpc) is 2.68. The Bertz CT molecular complexity index is 594. The Hall–Kier alpha value is -1.42. The molecule has 0 aliphatic carbocycles. The van der Waals surface area contributed by atoms with E-state index in [0.29, 0.717) is 0 Å². The van der Waals surface area contributed by atoms with E-state index < -0.39 is 86.3 Å². The van der Waals surface area contributed by atoms with Crippen LogP contribution in [-0.4, -0.2) is 119 Å². The molecule has 2 aliphatic heterocycles. The number of hydrogen-bond donors (Lipinski definition) is 7. The summed E-state index contributed by atoms with van der Waals surface area (Å²) >= 11 is 0. The Balaban J connectivity index is 2.28. The van der Waals surface area contributed by atoms with Gasteiger partial charge in [-0.2, -0.15) is 0 Å². The molecule has 13 nitrogen and oxygen atoms in total. The van der Waals surface area contributed by atoms with Gasteiger partial charge in [0, 0.05) is 21.0 Å². The molecular weight excluding hydrogens is 408 g/mol. The van der Waals surface area contributed by atoms with Crippen LogP contribution in [0.1, 0.15) is 13.8 Å². The molecule has 0 aromatic rings. The number of aliphatic hydroxyl groups excluding tert-OH is 5. The van der Waals surface area contributed by atoms with Gasteiger partial charge in [-0.25, -0.2) is 0 Å². The minimum Gasteiger partial charge on any atom is -0.394 e. The van der Waals surface area contributed by atoms with Gasteiger partial charge < -0.3 is 55.1 Å². The molecular formula is C17H30N2O11. The summed E-state index contributed by atoms with van der Waals surface area (Å²) in [5.74, 6) is -1.06. The van der Waals surface area contributed by atoms with Crippen LogP contribution in [0.4, 0.5) is 0 Å². The van der Waals surface area contributed by atoms with Gasteiger partial charge >= 0.3 is 0 Å². The zero-order valence-corrected chi connectivity index (χ0v) is 16.9. The van der Waals surface area contributed by atoms with E-state index in [1.165, 1.54) is 21.0 Å². The molecule has 2 amide bonds. The van der Waals surface area contributed by atoms with E-state index >= 15 is 0 Å². The second-order valence-corrected chi connectivity index (χ2v) is 7.21. The molecule has 0 saturated carbocycles. The molecule has 2 aliphatic rings. The molecule has 2 saturated heterocycles. The largest absolute Gasteiger partial charge is 0.394 e. The molecule has 7 N–H and O–H groups in total. The van der Waals surface area contributed by atoms with Crippen LogP contribution in [0, 0.1) is 0 Å². The average molecular weight is 438 g/mol. The minimum atomic E-state index is -1.62. The van der Waals surface area contributed by atoms with Gasteiger partial charge in [0.1, 0.15) is 48.7 Å². The number of carbonyl (C=O) groups is 2. The van der Waals surface area contributed by atoms with Crippen molar-refractivity contribution in [3.05, 3.63) is 0 Å². The molecule has 2 fully saturated rings. The number of aliphatic hydroxyl groups is 5. The maximum absolute atomic E-state index is 11.6. The van der Waals surface area contributed by atoms with E-state index in [0.717, 1.165) is 0 Å². The molecule has 10 atom stereocenters. The van der Waals surface area contributed by atoms with Gasteiger partial charge in [0.25, 0.3) is 0 Å².